The average molecular weight is 280 g/mol. The molecule has 0 heterocycles. The van der Waals surface area contributed by atoms with Gasteiger partial charge in [0, 0.05) is 18.3 Å². The lowest BCUT2D eigenvalue weighted by Gasteiger charge is -2.28. The molecule has 1 atom stereocenters. The summed E-state index contributed by atoms with van der Waals surface area (Å²) < 4.78 is 0. The number of nitrogens with two attached hydrogens (primary N) is 1. The van der Waals surface area contributed by atoms with Gasteiger partial charge in [0.15, 0.2) is 0 Å². The Hall–Kier alpha value is -1.62. The van der Waals surface area contributed by atoms with E-state index in [0.29, 0.717) is 12.2 Å². The third-order valence-electron chi connectivity index (χ3n) is 2.96. The van der Waals surface area contributed by atoms with E-state index in [4.69, 9.17) is 18.0 Å². The molecule has 0 saturated carbocycles. The highest BCUT2D eigenvalue weighted by Crippen LogP contribution is 2.24. The molecule has 1 rings (SSSR count). The predicted molar refractivity (Wildman–Crippen MR) is 81.2 cm³/mol. The summed E-state index contributed by atoms with van der Waals surface area (Å²) in [5, 5.41) is 9.51. The Morgan fingerprint density at radius 3 is 2.53 bits per heavy atom. The molecule has 4 nitrogen and oxygen atoms in total. The SMILES string of the molecule is CCN(C(=O)C(C(N)=S)C(C)C)c1cccc(O)c1. The molecule has 0 aliphatic rings. The van der Waals surface area contributed by atoms with Crippen molar-refractivity contribution < 1.29 is 9.90 Å². The minimum atomic E-state index is -0.489. The van der Waals surface area contributed by atoms with Gasteiger partial charge in [-0.2, -0.15) is 0 Å². The standard InChI is InChI=1S/C14H20N2O2S/c1-4-16(10-6-5-7-11(17)8-10)14(18)12(9(2)3)13(15)19/h5-9,12,17H,4H2,1-3H3,(H2,15,19). The highest BCUT2D eigenvalue weighted by molar-refractivity contribution is 7.80. The Morgan fingerprint density at radius 1 is 1.47 bits per heavy atom. The van der Waals surface area contributed by atoms with Crippen LogP contribution in [0, 0.1) is 11.8 Å². The summed E-state index contributed by atoms with van der Waals surface area (Å²) in [6, 6.07) is 6.59. The van der Waals surface area contributed by atoms with E-state index in [0.717, 1.165) is 0 Å². The molecule has 1 aromatic carbocycles. The van der Waals surface area contributed by atoms with E-state index in [9.17, 15) is 9.90 Å². The lowest BCUT2D eigenvalue weighted by Crippen LogP contribution is -2.43. The Morgan fingerprint density at radius 2 is 2.11 bits per heavy atom. The monoisotopic (exact) mass is 280 g/mol. The first kappa shape index (κ1) is 15.4. The number of anilines is 1. The van der Waals surface area contributed by atoms with E-state index in [2.05, 4.69) is 0 Å². The zero-order chi connectivity index (χ0) is 14.6. The van der Waals surface area contributed by atoms with E-state index >= 15 is 0 Å². The first-order valence-electron chi connectivity index (χ1n) is 6.28. The number of benzene rings is 1. The molecule has 1 aromatic rings. The van der Waals surface area contributed by atoms with Gasteiger partial charge in [-0.05, 0) is 25.0 Å². The fourth-order valence-corrected chi connectivity index (χ4v) is 2.40. The Balaban J connectivity index is 3.09. The number of carbonyl (C=O) groups is 1. The number of phenols is 1. The van der Waals surface area contributed by atoms with Crippen LogP contribution in [0.15, 0.2) is 24.3 Å². The number of nitrogens with zero attached hydrogens (tertiary/aromatic N) is 1. The number of aromatic hydroxyl groups is 1. The molecule has 0 bridgehead atoms. The van der Waals surface area contributed by atoms with Gasteiger partial charge >= 0.3 is 0 Å². The van der Waals surface area contributed by atoms with Crippen molar-refractivity contribution in [3.63, 3.8) is 0 Å². The highest BCUT2D eigenvalue weighted by Gasteiger charge is 2.29. The number of amides is 1. The first-order valence-corrected chi connectivity index (χ1v) is 6.69. The number of thiocarbonyl (C=S) groups is 1. The number of rotatable bonds is 5. The summed E-state index contributed by atoms with van der Waals surface area (Å²) in [4.78, 5) is 14.3. The van der Waals surface area contributed by atoms with Crippen LogP contribution in [0.2, 0.25) is 0 Å². The molecule has 0 radical (unpaired) electrons. The van der Waals surface area contributed by atoms with Crippen molar-refractivity contribution >= 4 is 28.8 Å². The molecule has 1 unspecified atom stereocenters. The van der Waals surface area contributed by atoms with Crippen LogP contribution < -0.4 is 10.6 Å². The van der Waals surface area contributed by atoms with Crippen molar-refractivity contribution in [2.45, 2.75) is 20.8 Å². The molecule has 0 fully saturated rings. The van der Waals surface area contributed by atoms with Crippen LogP contribution in [-0.4, -0.2) is 22.5 Å². The van der Waals surface area contributed by atoms with Crippen LogP contribution in [0.4, 0.5) is 5.69 Å². The molecule has 104 valence electrons. The van der Waals surface area contributed by atoms with E-state index in [1.807, 2.05) is 20.8 Å². The van der Waals surface area contributed by atoms with Gasteiger partial charge in [0.1, 0.15) is 5.75 Å². The van der Waals surface area contributed by atoms with Crippen molar-refractivity contribution in [3.05, 3.63) is 24.3 Å². The summed E-state index contributed by atoms with van der Waals surface area (Å²) in [7, 11) is 0. The Labute approximate surface area is 119 Å². The van der Waals surface area contributed by atoms with Crippen molar-refractivity contribution in [3.8, 4) is 5.75 Å². The van der Waals surface area contributed by atoms with Crippen LogP contribution in [0.25, 0.3) is 0 Å². The van der Waals surface area contributed by atoms with Crippen LogP contribution in [-0.2, 0) is 4.79 Å². The summed E-state index contributed by atoms with van der Waals surface area (Å²) in [6.45, 7) is 6.20. The molecular weight excluding hydrogens is 260 g/mol. The number of hydrogen-bond acceptors (Lipinski definition) is 3. The van der Waals surface area contributed by atoms with Crippen molar-refractivity contribution in [2.24, 2.45) is 17.6 Å². The van der Waals surface area contributed by atoms with Crippen LogP contribution in [0.5, 0.6) is 5.75 Å². The third kappa shape index (κ3) is 3.67. The molecule has 0 spiro atoms. The fraction of sp³-hybridized carbons (Fsp3) is 0.429. The summed E-state index contributed by atoms with van der Waals surface area (Å²) in [5.41, 5.74) is 6.32. The lowest BCUT2D eigenvalue weighted by atomic mass is 9.94. The topological polar surface area (TPSA) is 66.6 Å². The zero-order valence-electron chi connectivity index (χ0n) is 11.5. The maximum absolute atomic E-state index is 12.5. The minimum absolute atomic E-state index is 0.0383. The molecule has 0 aliphatic carbocycles. The molecule has 0 aliphatic heterocycles. The number of carbonyl (C=O) groups excluding carboxylic acids is 1. The van der Waals surface area contributed by atoms with Crippen LogP contribution in [0.1, 0.15) is 20.8 Å². The van der Waals surface area contributed by atoms with Crippen LogP contribution >= 0.6 is 12.2 Å². The maximum Gasteiger partial charge on any atom is 0.237 e. The number of phenolic OH excluding ortho intramolecular Hbond substituents is 1. The fourth-order valence-electron chi connectivity index (χ4n) is 2.03. The first-order chi connectivity index (χ1) is 8.88. The van der Waals surface area contributed by atoms with Gasteiger partial charge in [-0.25, -0.2) is 0 Å². The number of hydrogen-bond donors (Lipinski definition) is 2. The summed E-state index contributed by atoms with van der Waals surface area (Å²) in [6.07, 6.45) is 0. The van der Waals surface area contributed by atoms with Gasteiger partial charge in [0.25, 0.3) is 0 Å². The van der Waals surface area contributed by atoms with Gasteiger partial charge in [-0.1, -0.05) is 32.1 Å². The Bertz CT molecular complexity index is 474. The molecule has 0 saturated heterocycles. The molecule has 5 heteroatoms. The smallest absolute Gasteiger partial charge is 0.237 e. The third-order valence-corrected chi connectivity index (χ3v) is 3.22. The van der Waals surface area contributed by atoms with E-state index in [1.165, 1.54) is 0 Å². The summed E-state index contributed by atoms with van der Waals surface area (Å²) in [5.74, 6) is -0.454. The normalized spacial score (nSPS) is 12.2. The van der Waals surface area contributed by atoms with Crippen LogP contribution in [0.3, 0.4) is 0 Å². The van der Waals surface area contributed by atoms with Gasteiger partial charge in [-0.3, -0.25) is 4.79 Å². The van der Waals surface area contributed by atoms with Crippen molar-refractivity contribution in [2.75, 3.05) is 11.4 Å². The van der Waals surface area contributed by atoms with E-state index in [-0.39, 0.29) is 22.6 Å². The second-order valence-corrected chi connectivity index (χ2v) is 5.20. The van der Waals surface area contributed by atoms with Gasteiger partial charge < -0.3 is 15.7 Å². The lowest BCUT2D eigenvalue weighted by molar-refractivity contribution is -0.121. The summed E-state index contributed by atoms with van der Waals surface area (Å²) >= 11 is 4.99. The quantitative estimate of drug-likeness (QED) is 0.812. The second kappa shape index (κ2) is 6.52. The van der Waals surface area contributed by atoms with Gasteiger partial charge in [-0.15, -0.1) is 0 Å². The Kier molecular flexibility index (Phi) is 5.30. The average Bonchev–Trinajstić information content (AvgIpc) is 2.28. The molecule has 19 heavy (non-hydrogen) atoms. The van der Waals surface area contributed by atoms with Gasteiger partial charge in [0.2, 0.25) is 5.91 Å². The van der Waals surface area contributed by atoms with E-state index < -0.39 is 5.92 Å². The van der Waals surface area contributed by atoms with E-state index in [1.54, 1.807) is 29.2 Å². The minimum Gasteiger partial charge on any atom is -0.508 e. The zero-order valence-corrected chi connectivity index (χ0v) is 12.3. The predicted octanol–water partition coefficient (Wildman–Crippen LogP) is 2.30. The van der Waals surface area contributed by atoms with Gasteiger partial charge in [0.05, 0.1) is 10.9 Å². The van der Waals surface area contributed by atoms with Crippen molar-refractivity contribution in [1.29, 1.82) is 0 Å². The largest absolute Gasteiger partial charge is 0.508 e. The molecule has 3 N–H and O–H groups in total. The second-order valence-electron chi connectivity index (χ2n) is 4.73. The molecule has 1 amide bonds. The maximum atomic E-state index is 12.5. The van der Waals surface area contributed by atoms with Crippen molar-refractivity contribution in [1.82, 2.24) is 0 Å². The molecular formula is C14H20N2O2S. The molecule has 0 aromatic heterocycles. The highest BCUT2D eigenvalue weighted by atomic mass is 32.1.